The molecule has 2 aliphatic rings. The summed E-state index contributed by atoms with van der Waals surface area (Å²) in [4.78, 5) is 36.2. The monoisotopic (exact) mass is 266 g/mol. The van der Waals surface area contributed by atoms with E-state index in [1.165, 1.54) is 0 Å². The summed E-state index contributed by atoms with van der Waals surface area (Å²) in [5.74, 6) is -1.87. The van der Waals surface area contributed by atoms with Gasteiger partial charge in [0.15, 0.2) is 0 Å². The molecule has 0 aromatic carbocycles. The van der Waals surface area contributed by atoms with E-state index in [4.69, 9.17) is 5.11 Å². The van der Waals surface area contributed by atoms with Gasteiger partial charge in [0.2, 0.25) is 0 Å². The molecule has 19 heavy (non-hydrogen) atoms. The third-order valence-corrected chi connectivity index (χ3v) is 5.46. The maximum Gasteiger partial charge on any atom is 0.306 e. The first-order valence-electron chi connectivity index (χ1n) is 7.10. The minimum atomic E-state index is -0.946. The maximum absolute atomic E-state index is 12.8. The number of fused-ring (bicyclic) bond motifs is 1. The fourth-order valence-electron chi connectivity index (χ4n) is 4.02. The molecule has 4 heteroatoms. The van der Waals surface area contributed by atoms with Gasteiger partial charge in [-0.25, -0.2) is 0 Å². The van der Waals surface area contributed by atoms with Crippen LogP contribution in [0.4, 0.5) is 0 Å². The van der Waals surface area contributed by atoms with Crippen molar-refractivity contribution in [2.24, 2.45) is 29.1 Å². The highest BCUT2D eigenvalue weighted by Crippen LogP contribution is 2.51. The smallest absolute Gasteiger partial charge is 0.306 e. The molecular weight excluding hydrogens is 244 g/mol. The average molecular weight is 266 g/mol. The third kappa shape index (κ3) is 2.01. The van der Waals surface area contributed by atoms with Crippen LogP contribution in [0.2, 0.25) is 0 Å². The molecule has 0 aromatic rings. The quantitative estimate of drug-likeness (QED) is 0.778. The first kappa shape index (κ1) is 14.2. The van der Waals surface area contributed by atoms with Crippen molar-refractivity contribution in [1.29, 1.82) is 0 Å². The van der Waals surface area contributed by atoms with Crippen LogP contribution in [0.15, 0.2) is 0 Å². The Balaban J connectivity index is 2.40. The number of carboxylic acid groups (broad SMARTS) is 1. The lowest BCUT2D eigenvalue weighted by Crippen LogP contribution is -2.44. The van der Waals surface area contributed by atoms with E-state index in [-0.39, 0.29) is 17.5 Å². The molecule has 1 N–H and O–H groups in total. The molecule has 0 radical (unpaired) electrons. The summed E-state index contributed by atoms with van der Waals surface area (Å²) < 4.78 is 0. The Hall–Kier alpha value is -1.19. The summed E-state index contributed by atoms with van der Waals surface area (Å²) in [6, 6.07) is 0. The summed E-state index contributed by atoms with van der Waals surface area (Å²) in [5.41, 5.74) is -0.940. The van der Waals surface area contributed by atoms with Crippen molar-refractivity contribution in [2.75, 3.05) is 0 Å². The van der Waals surface area contributed by atoms with E-state index in [0.717, 1.165) is 12.8 Å². The molecular formula is C15H22O4. The predicted octanol–water partition coefficient (Wildman–Crippen LogP) is 2.31. The van der Waals surface area contributed by atoms with Crippen LogP contribution < -0.4 is 0 Å². The number of hydrogen-bond donors (Lipinski definition) is 1. The lowest BCUT2D eigenvalue weighted by molar-refractivity contribution is -0.151. The van der Waals surface area contributed by atoms with Crippen LogP contribution in [-0.4, -0.2) is 22.6 Å². The first-order chi connectivity index (χ1) is 8.80. The standard InChI is InChI=1S/C15H22O4/c1-8-4-5-10(9(2)14(18)19)13(17)15(3)11(8)6-7-12(15)16/h8-11H,4-7H2,1-3H3,(H,18,19)/t8-,9+,10-,11-,15-/m0/s1. The molecule has 0 amide bonds. The van der Waals surface area contributed by atoms with Crippen LogP contribution >= 0.6 is 0 Å². The SMILES string of the molecule is C[C@H]1CC[C@@H]([C@@H](C)C(=O)O)C(=O)[C@]2(C)C(=O)CC[C@@H]12. The second kappa shape index (κ2) is 4.73. The van der Waals surface area contributed by atoms with E-state index < -0.39 is 23.2 Å². The van der Waals surface area contributed by atoms with E-state index in [1.807, 2.05) is 0 Å². The van der Waals surface area contributed by atoms with Crippen molar-refractivity contribution in [1.82, 2.24) is 0 Å². The Labute approximate surface area is 113 Å². The molecule has 2 saturated carbocycles. The topological polar surface area (TPSA) is 71.4 Å². The van der Waals surface area contributed by atoms with Crippen molar-refractivity contribution in [2.45, 2.75) is 46.5 Å². The highest BCUT2D eigenvalue weighted by Gasteiger charge is 2.57. The van der Waals surface area contributed by atoms with Crippen LogP contribution in [0.3, 0.4) is 0 Å². The number of carbonyl (C=O) groups is 3. The van der Waals surface area contributed by atoms with Gasteiger partial charge in [0, 0.05) is 12.3 Å². The van der Waals surface area contributed by atoms with Crippen molar-refractivity contribution in [3.05, 3.63) is 0 Å². The molecule has 0 bridgehead atoms. The minimum Gasteiger partial charge on any atom is -0.481 e. The summed E-state index contributed by atoms with van der Waals surface area (Å²) in [7, 11) is 0. The largest absolute Gasteiger partial charge is 0.481 e. The third-order valence-electron chi connectivity index (χ3n) is 5.46. The van der Waals surface area contributed by atoms with E-state index in [9.17, 15) is 14.4 Å². The number of Topliss-reactive ketones (excluding diaryl/α,β-unsaturated/α-hetero) is 2. The van der Waals surface area contributed by atoms with Crippen molar-refractivity contribution >= 4 is 17.5 Å². The van der Waals surface area contributed by atoms with Crippen LogP contribution in [-0.2, 0) is 14.4 Å². The fourth-order valence-corrected chi connectivity index (χ4v) is 4.02. The van der Waals surface area contributed by atoms with E-state index in [0.29, 0.717) is 18.8 Å². The highest BCUT2D eigenvalue weighted by molar-refractivity contribution is 6.10. The molecule has 2 aliphatic carbocycles. The van der Waals surface area contributed by atoms with Gasteiger partial charge in [-0.05, 0) is 38.0 Å². The van der Waals surface area contributed by atoms with Crippen LogP contribution in [0, 0.1) is 29.1 Å². The van der Waals surface area contributed by atoms with Gasteiger partial charge in [-0.2, -0.15) is 0 Å². The van der Waals surface area contributed by atoms with Crippen LogP contribution in [0.5, 0.6) is 0 Å². The molecule has 2 rings (SSSR count). The van der Waals surface area contributed by atoms with Crippen molar-refractivity contribution < 1.29 is 19.5 Å². The Bertz CT molecular complexity index is 428. The van der Waals surface area contributed by atoms with Crippen molar-refractivity contribution in [3.63, 3.8) is 0 Å². The van der Waals surface area contributed by atoms with E-state index in [2.05, 4.69) is 6.92 Å². The van der Waals surface area contributed by atoms with Gasteiger partial charge < -0.3 is 5.11 Å². The number of carboxylic acids is 1. The van der Waals surface area contributed by atoms with Gasteiger partial charge in [-0.15, -0.1) is 0 Å². The Morgan fingerprint density at radius 3 is 2.53 bits per heavy atom. The van der Waals surface area contributed by atoms with Gasteiger partial charge in [0.25, 0.3) is 0 Å². The summed E-state index contributed by atoms with van der Waals surface area (Å²) in [6.07, 6.45) is 2.66. The molecule has 2 fully saturated rings. The molecule has 0 aromatic heterocycles. The Morgan fingerprint density at radius 1 is 1.32 bits per heavy atom. The molecule has 4 nitrogen and oxygen atoms in total. The molecule has 0 aliphatic heterocycles. The zero-order valence-corrected chi connectivity index (χ0v) is 11.8. The van der Waals surface area contributed by atoms with Gasteiger partial charge >= 0.3 is 5.97 Å². The zero-order valence-electron chi connectivity index (χ0n) is 11.8. The molecule has 106 valence electrons. The van der Waals surface area contributed by atoms with Crippen LogP contribution in [0.25, 0.3) is 0 Å². The average Bonchev–Trinajstić information content (AvgIpc) is 2.61. The van der Waals surface area contributed by atoms with Gasteiger partial charge in [0.05, 0.1) is 11.3 Å². The highest BCUT2D eigenvalue weighted by atomic mass is 16.4. The lowest BCUT2D eigenvalue weighted by Gasteiger charge is -2.32. The second-order valence-corrected chi connectivity index (χ2v) is 6.42. The zero-order chi connectivity index (χ0) is 14.4. The summed E-state index contributed by atoms with van der Waals surface area (Å²) in [6.45, 7) is 5.42. The Kier molecular flexibility index (Phi) is 3.54. The number of ketones is 2. The first-order valence-corrected chi connectivity index (χ1v) is 7.10. The number of aliphatic carboxylic acids is 1. The fraction of sp³-hybridized carbons (Fsp3) is 0.800. The van der Waals surface area contributed by atoms with E-state index in [1.54, 1.807) is 13.8 Å². The van der Waals surface area contributed by atoms with Crippen molar-refractivity contribution in [3.8, 4) is 0 Å². The Morgan fingerprint density at radius 2 is 1.95 bits per heavy atom. The summed E-state index contributed by atoms with van der Waals surface area (Å²) in [5, 5.41) is 9.16. The molecule has 0 unspecified atom stereocenters. The minimum absolute atomic E-state index is 0.0128. The maximum atomic E-state index is 12.8. The van der Waals surface area contributed by atoms with Gasteiger partial charge in [-0.1, -0.05) is 13.8 Å². The van der Waals surface area contributed by atoms with Crippen LogP contribution in [0.1, 0.15) is 46.5 Å². The normalized spacial score (nSPS) is 40.7. The van der Waals surface area contributed by atoms with E-state index >= 15 is 0 Å². The molecule has 0 heterocycles. The number of hydrogen-bond acceptors (Lipinski definition) is 3. The summed E-state index contributed by atoms with van der Waals surface area (Å²) >= 11 is 0. The second-order valence-electron chi connectivity index (χ2n) is 6.42. The number of rotatable bonds is 2. The predicted molar refractivity (Wildman–Crippen MR) is 69.5 cm³/mol. The molecule has 0 saturated heterocycles. The van der Waals surface area contributed by atoms with Gasteiger partial charge in [0.1, 0.15) is 11.6 Å². The lowest BCUT2D eigenvalue weighted by atomic mass is 9.68. The van der Waals surface area contributed by atoms with Gasteiger partial charge in [-0.3, -0.25) is 14.4 Å². The molecule has 0 spiro atoms. The molecule has 5 atom stereocenters. The number of carbonyl (C=O) groups excluding carboxylic acids is 2.